The predicted molar refractivity (Wildman–Crippen MR) is 113 cm³/mol. The van der Waals surface area contributed by atoms with Gasteiger partial charge in [-0.05, 0) is 43.4 Å². The number of nitrogens with zero attached hydrogens (tertiary/aromatic N) is 4. The molecule has 1 saturated carbocycles. The molecular weight excluding hydrogens is 443 g/mol. The van der Waals surface area contributed by atoms with Gasteiger partial charge < -0.3 is 15.4 Å². The van der Waals surface area contributed by atoms with Crippen molar-refractivity contribution >= 4 is 29.9 Å². The molecule has 0 bridgehead atoms. The van der Waals surface area contributed by atoms with E-state index in [4.69, 9.17) is 4.74 Å². The number of pyridine rings is 1. The van der Waals surface area contributed by atoms with Gasteiger partial charge in [-0.2, -0.15) is 5.10 Å². The van der Waals surface area contributed by atoms with Crippen molar-refractivity contribution in [1.82, 2.24) is 25.4 Å². The van der Waals surface area contributed by atoms with Crippen molar-refractivity contribution in [2.24, 2.45) is 18.0 Å². The van der Waals surface area contributed by atoms with Gasteiger partial charge in [0.1, 0.15) is 0 Å². The summed E-state index contributed by atoms with van der Waals surface area (Å²) in [5, 5.41) is 10.8. The van der Waals surface area contributed by atoms with E-state index in [1.807, 2.05) is 29.9 Å². The molecule has 3 rings (SSSR count). The van der Waals surface area contributed by atoms with E-state index in [1.165, 1.54) is 12.8 Å². The number of aryl methyl sites for hydroxylation is 1. The van der Waals surface area contributed by atoms with Crippen LogP contribution in [0.5, 0.6) is 5.88 Å². The number of aliphatic imine (C=N–C) groups is 1. The molecule has 0 spiro atoms. The molecule has 1 aliphatic rings. The van der Waals surface area contributed by atoms with Crippen LogP contribution in [0.2, 0.25) is 0 Å². The Morgan fingerprint density at radius 1 is 1.31 bits per heavy atom. The fourth-order valence-electron chi connectivity index (χ4n) is 2.38. The summed E-state index contributed by atoms with van der Waals surface area (Å²) in [6.45, 7) is 4.88. The predicted octanol–water partition coefficient (Wildman–Crippen LogP) is 2.48. The van der Waals surface area contributed by atoms with E-state index in [2.05, 4.69) is 32.6 Å². The van der Waals surface area contributed by atoms with Crippen molar-refractivity contribution < 1.29 is 4.74 Å². The largest absolute Gasteiger partial charge is 0.477 e. The zero-order valence-electron chi connectivity index (χ0n) is 15.3. The molecule has 0 aliphatic heterocycles. The van der Waals surface area contributed by atoms with Gasteiger partial charge >= 0.3 is 0 Å². The Kier molecular flexibility index (Phi) is 8.14. The highest BCUT2D eigenvalue weighted by atomic mass is 127. The van der Waals surface area contributed by atoms with E-state index in [0.717, 1.165) is 36.3 Å². The lowest BCUT2D eigenvalue weighted by Crippen LogP contribution is -2.37. The van der Waals surface area contributed by atoms with Crippen LogP contribution < -0.4 is 15.4 Å². The lowest BCUT2D eigenvalue weighted by Gasteiger charge is -2.11. The van der Waals surface area contributed by atoms with Gasteiger partial charge in [0.15, 0.2) is 5.96 Å². The molecule has 2 aromatic heterocycles. The average Bonchev–Trinajstić information content (AvgIpc) is 3.37. The van der Waals surface area contributed by atoms with Gasteiger partial charge in [0.05, 0.1) is 25.4 Å². The molecule has 0 atom stereocenters. The van der Waals surface area contributed by atoms with Gasteiger partial charge in [-0.25, -0.2) is 9.98 Å². The summed E-state index contributed by atoms with van der Waals surface area (Å²) in [4.78, 5) is 8.91. The molecule has 0 amide bonds. The smallest absolute Gasteiger partial charge is 0.213 e. The molecular formula is C18H27IN6O. The average molecular weight is 470 g/mol. The first-order valence-corrected chi connectivity index (χ1v) is 8.81. The minimum Gasteiger partial charge on any atom is -0.477 e. The Hall–Kier alpha value is -1.84. The molecule has 2 heterocycles. The van der Waals surface area contributed by atoms with Crippen molar-refractivity contribution in [3.63, 3.8) is 0 Å². The molecule has 1 fully saturated rings. The molecule has 0 radical (unpaired) electrons. The van der Waals surface area contributed by atoms with Gasteiger partial charge in [0.25, 0.3) is 0 Å². The van der Waals surface area contributed by atoms with Crippen molar-refractivity contribution in [1.29, 1.82) is 0 Å². The molecule has 0 aromatic carbocycles. The zero-order chi connectivity index (χ0) is 17.5. The van der Waals surface area contributed by atoms with Crippen LogP contribution in [0.25, 0.3) is 0 Å². The second-order valence-corrected chi connectivity index (χ2v) is 6.25. The summed E-state index contributed by atoms with van der Waals surface area (Å²) in [6.07, 6.45) is 6.13. The van der Waals surface area contributed by atoms with Crippen LogP contribution in [0.15, 0.2) is 35.6 Å². The van der Waals surface area contributed by atoms with Crippen LogP contribution >= 0.6 is 24.0 Å². The second kappa shape index (κ2) is 10.3. The summed E-state index contributed by atoms with van der Waals surface area (Å²) < 4.78 is 7.58. The summed E-state index contributed by atoms with van der Waals surface area (Å²) in [6, 6.07) is 5.93. The van der Waals surface area contributed by atoms with Crippen LogP contribution in [0.4, 0.5) is 0 Å². The normalized spacial score (nSPS) is 13.8. The first-order valence-electron chi connectivity index (χ1n) is 8.81. The minimum absolute atomic E-state index is 0. The Labute approximate surface area is 171 Å². The fourth-order valence-corrected chi connectivity index (χ4v) is 2.38. The maximum absolute atomic E-state index is 5.73. The Morgan fingerprint density at radius 2 is 2.15 bits per heavy atom. The van der Waals surface area contributed by atoms with E-state index < -0.39 is 0 Å². The molecule has 2 N–H and O–H groups in total. The zero-order valence-corrected chi connectivity index (χ0v) is 17.6. The Bertz CT molecular complexity index is 713. The van der Waals surface area contributed by atoms with E-state index in [9.17, 15) is 0 Å². The Balaban J connectivity index is 0.00000243. The molecule has 26 heavy (non-hydrogen) atoms. The standard InChI is InChI=1S/C18H26N6O.HI/c1-3-19-18(22-12-16-7-9-23-24(16)2)21-11-15-6-8-20-17(10-15)25-13-14-4-5-14;/h6-10,14H,3-5,11-13H2,1-2H3,(H2,19,21,22);1H. The van der Waals surface area contributed by atoms with E-state index in [0.29, 0.717) is 19.0 Å². The first-order chi connectivity index (χ1) is 12.2. The summed E-state index contributed by atoms with van der Waals surface area (Å²) in [7, 11) is 1.93. The van der Waals surface area contributed by atoms with E-state index in [-0.39, 0.29) is 24.0 Å². The molecule has 8 heteroatoms. The van der Waals surface area contributed by atoms with Gasteiger partial charge in [-0.3, -0.25) is 4.68 Å². The number of ether oxygens (including phenoxy) is 1. The number of halogens is 1. The van der Waals surface area contributed by atoms with Crippen LogP contribution in [-0.4, -0.2) is 33.9 Å². The summed E-state index contributed by atoms with van der Waals surface area (Å²) >= 11 is 0. The number of hydrogen-bond donors (Lipinski definition) is 2. The number of aromatic nitrogens is 3. The summed E-state index contributed by atoms with van der Waals surface area (Å²) in [5.74, 6) is 2.19. The van der Waals surface area contributed by atoms with E-state index in [1.54, 1.807) is 12.4 Å². The van der Waals surface area contributed by atoms with E-state index >= 15 is 0 Å². The van der Waals surface area contributed by atoms with Gasteiger partial charge in [-0.15, -0.1) is 24.0 Å². The number of guanidine groups is 1. The Morgan fingerprint density at radius 3 is 2.85 bits per heavy atom. The SMILES string of the molecule is CCNC(=NCc1ccnc(OCC2CC2)c1)NCc1ccnn1C.I. The number of hydrogen-bond acceptors (Lipinski definition) is 4. The van der Waals surface area contributed by atoms with Crippen LogP contribution in [-0.2, 0) is 20.1 Å². The maximum Gasteiger partial charge on any atom is 0.213 e. The van der Waals surface area contributed by atoms with Crippen molar-refractivity contribution in [2.75, 3.05) is 13.2 Å². The first kappa shape index (κ1) is 20.5. The van der Waals surface area contributed by atoms with Crippen molar-refractivity contribution in [3.05, 3.63) is 41.9 Å². The highest BCUT2D eigenvalue weighted by Gasteiger charge is 2.22. The quantitative estimate of drug-likeness (QED) is 0.352. The van der Waals surface area contributed by atoms with Gasteiger partial charge in [0.2, 0.25) is 5.88 Å². The molecule has 0 saturated heterocycles. The van der Waals surface area contributed by atoms with Crippen LogP contribution in [0.3, 0.4) is 0 Å². The third kappa shape index (κ3) is 6.47. The monoisotopic (exact) mass is 470 g/mol. The lowest BCUT2D eigenvalue weighted by atomic mass is 10.3. The fraction of sp³-hybridized carbons (Fsp3) is 0.500. The minimum atomic E-state index is 0. The highest BCUT2D eigenvalue weighted by molar-refractivity contribution is 14.0. The van der Waals surface area contributed by atoms with Crippen molar-refractivity contribution in [2.45, 2.75) is 32.9 Å². The number of rotatable bonds is 8. The van der Waals surface area contributed by atoms with Crippen LogP contribution in [0.1, 0.15) is 31.0 Å². The van der Waals surface area contributed by atoms with Gasteiger partial charge in [-0.1, -0.05) is 0 Å². The third-order valence-electron chi connectivity index (χ3n) is 4.09. The molecule has 2 aromatic rings. The number of nitrogens with one attached hydrogen (secondary N) is 2. The molecule has 7 nitrogen and oxygen atoms in total. The third-order valence-corrected chi connectivity index (χ3v) is 4.09. The highest BCUT2D eigenvalue weighted by Crippen LogP contribution is 2.29. The summed E-state index contributed by atoms with van der Waals surface area (Å²) in [5.41, 5.74) is 2.18. The topological polar surface area (TPSA) is 76.4 Å². The molecule has 0 unspecified atom stereocenters. The van der Waals surface area contributed by atoms with Crippen LogP contribution in [0, 0.1) is 5.92 Å². The maximum atomic E-state index is 5.73. The lowest BCUT2D eigenvalue weighted by molar-refractivity contribution is 0.288. The molecule has 1 aliphatic carbocycles. The second-order valence-electron chi connectivity index (χ2n) is 6.25. The molecule has 142 valence electrons. The van der Waals surface area contributed by atoms with Gasteiger partial charge in [0, 0.05) is 32.1 Å². The van der Waals surface area contributed by atoms with Crippen molar-refractivity contribution in [3.8, 4) is 5.88 Å².